The van der Waals surface area contributed by atoms with Crippen molar-refractivity contribution < 1.29 is 0 Å². The van der Waals surface area contributed by atoms with E-state index in [0.717, 1.165) is 0 Å². The van der Waals surface area contributed by atoms with Gasteiger partial charge in [-0.2, -0.15) is 5.26 Å². The van der Waals surface area contributed by atoms with E-state index in [-0.39, 0.29) is 12.4 Å². The summed E-state index contributed by atoms with van der Waals surface area (Å²) in [5.41, 5.74) is 0.394. The van der Waals surface area contributed by atoms with Crippen LogP contribution in [0.2, 0.25) is 0 Å². The molecule has 0 amide bonds. The van der Waals surface area contributed by atoms with E-state index < -0.39 is 0 Å². The molecule has 0 aliphatic carbocycles. The molecule has 0 fully saturated rings. The van der Waals surface area contributed by atoms with Gasteiger partial charge in [0.05, 0.1) is 5.38 Å². The molecule has 1 aromatic rings. The van der Waals surface area contributed by atoms with Gasteiger partial charge < -0.3 is 0 Å². The van der Waals surface area contributed by atoms with E-state index in [1.807, 2.05) is 6.07 Å². The molecule has 0 saturated carbocycles. The highest BCUT2D eigenvalue weighted by molar-refractivity contribution is 7.03. The monoisotopic (exact) mass is 147 g/mol. The van der Waals surface area contributed by atoms with Crippen LogP contribution in [0.4, 0.5) is 0 Å². The number of hydrogen-bond donors (Lipinski definition) is 0. The lowest BCUT2D eigenvalue weighted by Crippen LogP contribution is -1.68. The SMILES string of the molecule is Cl.N#Cc1csnn1. The molecule has 0 N–H and O–H groups in total. The summed E-state index contributed by atoms with van der Waals surface area (Å²) in [7, 11) is 0. The fourth-order valence-electron chi connectivity index (χ4n) is 0.213. The largest absolute Gasteiger partial charge is 0.191 e. The van der Waals surface area contributed by atoms with Gasteiger partial charge in [-0.05, 0) is 11.5 Å². The first-order chi connectivity index (χ1) is 3.43. The minimum Gasteiger partial charge on any atom is -0.191 e. The third-order valence-electron chi connectivity index (χ3n) is 0.475. The first-order valence-corrected chi connectivity index (χ1v) is 2.44. The first-order valence-electron chi connectivity index (χ1n) is 1.60. The number of aromatic nitrogens is 2. The van der Waals surface area contributed by atoms with Crippen molar-refractivity contribution in [3.05, 3.63) is 11.1 Å². The van der Waals surface area contributed by atoms with E-state index in [2.05, 4.69) is 9.59 Å². The summed E-state index contributed by atoms with van der Waals surface area (Å²) < 4.78 is 3.46. The topological polar surface area (TPSA) is 49.6 Å². The minimum atomic E-state index is 0. The van der Waals surface area contributed by atoms with Crippen LogP contribution in [0.3, 0.4) is 0 Å². The highest BCUT2D eigenvalue weighted by atomic mass is 35.5. The van der Waals surface area contributed by atoms with Gasteiger partial charge in [0.1, 0.15) is 6.07 Å². The Morgan fingerprint density at radius 3 is 2.75 bits per heavy atom. The van der Waals surface area contributed by atoms with E-state index in [4.69, 9.17) is 5.26 Å². The fraction of sp³-hybridized carbons (Fsp3) is 0. The van der Waals surface area contributed by atoms with Crippen LogP contribution in [-0.4, -0.2) is 9.59 Å². The van der Waals surface area contributed by atoms with Crippen LogP contribution < -0.4 is 0 Å². The predicted molar refractivity (Wildman–Crippen MR) is 31.9 cm³/mol. The average molecular weight is 148 g/mol. The van der Waals surface area contributed by atoms with Gasteiger partial charge in [-0.25, -0.2) is 0 Å². The molecule has 3 nitrogen and oxygen atoms in total. The van der Waals surface area contributed by atoms with Gasteiger partial charge >= 0.3 is 0 Å². The molecule has 0 aliphatic heterocycles. The number of nitrogens with zero attached hydrogens (tertiary/aromatic N) is 3. The second-order valence-electron chi connectivity index (χ2n) is 0.902. The molecule has 8 heavy (non-hydrogen) atoms. The van der Waals surface area contributed by atoms with Crippen LogP contribution in [0.1, 0.15) is 5.69 Å². The molecule has 42 valence electrons. The number of nitriles is 1. The molecule has 0 unspecified atom stereocenters. The van der Waals surface area contributed by atoms with E-state index in [9.17, 15) is 0 Å². The van der Waals surface area contributed by atoms with Gasteiger partial charge in [0.15, 0.2) is 5.69 Å². The Morgan fingerprint density at radius 2 is 2.50 bits per heavy atom. The summed E-state index contributed by atoms with van der Waals surface area (Å²) in [5, 5.41) is 13.1. The standard InChI is InChI=1S/C3HN3S.ClH/c4-1-3-2-7-6-5-3;/h2H;1H. The third-order valence-corrected chi connectivity index (χ3v) is 0.979. The molecule has 0 atom stereocenters. The molecule has 1 rings (SSSR count). The van der Waals surface area contributed by atoms with Gasteiger partial charge in [0.25, 0.3) is 0 Å². The van der Waals surface area contributed by atoms with Crippen molar-refractivity contribution in [2.45, 2.75) is 0 Å². The van der Waals surface area contributed by atoms with Crippen LogP contribution in [0.15, 0.2) is 5.38 Å². The van der Waals surface area contributed by atoms with Crippen molar-refractivity contribution in [3.8, 4) is 6.07 Å². The Bertz CT molecular complexity index is 177. The molecule has 1 heterocycles. The number of rotatable bonds is 0. The molecule has 0 radical (unpaired) electrons. The lowest BCUT2D eigenvalue weighted by Gasteiger charge is -1.58. The van der Waals surface area contributed by atoms with Crippen molar-refractivity contribution in [3.63, 3.8) is 0 Å². The predicted octanol–water partition coefficient (Wildman–Crippen LogP) is 0.832. The Kier molecular flexibility index (Phi) is 3.08. The molecule has 5 heteroatoms. The molecule has 0 aliphatic rings. The first kappa shape index (κ1) is 7.34. The summed E-state index contributed by atoms with van der Waals surface area (Å²) in [6, 6.07) is 1.84. The Morgan fingerprint density at radius 1 is 1.75 bits per heavy atom. The zero-order valence-corrected chi connectivity index (χ0v) is 5.37. The van der Waals surface area contributed by atoms with E-state index >= 15 is 0 Å². The van der Waals surface area contributed by atoms with Crippen molar-refractivity contribution >= 4 is 23.9 Å². The van der Waals surface area contributed by atoms with Crippen LogP contribution in [0, 0.1) is 11.3 Å². The lowest BCUT2D eigenvalue weighted by atomic mass is 10.6. The zero-order valence-electron chi connectivity index (χ0n) is 3.74. The van der Waals surface area contributed by atoms with Crippen molar-refractivity contribution in [2.75, 3.05) is 0 Å². The van der Waals surface area contributed by atoms with E-state index in [0.29, 0.717) is 5.69 Å². The molecular formula is C3H2ClN3S. The smallest absolute Gasteiger partial charge is 0.175 e. The Labute approximate surface area is 56.5 Å². The molecule has 0 spiro atoms. The minimum absolute atomic E-state index is 0. The normalized spacial score (nSPS) is 6.88. The highest BCUT2D eigenvalue weighted by Crippen LogP contribution is 1.91. The van der Waals surface area contributed by atoms with Crippen LogP contribution in [0.25, 0.3) is 0 Å². The highest BCUT2D eigenvalue weighted by Gasteiger charge is 1.86. The zero-order chi connectivity index (χ0) is 5.11. The summed E-state index contributed by atoms with van der Waals surface area (Å²) in [4.78, 5) is 0. The maximum Gasteiger partial charge on any atom is 0.175 e. The van der Waals surface area contributed by atoms with Gasteiger partial charge in [-0.3, -0.25) is 0 Å². The third kappa shape index (κ3) is 1.45. The Balaban J connectivity index is 0.000000490. The number of hydrogen-bond acceptors (Lipinski definition) is 4. The van der Waals surface area contributed by atoms with Gasteiger partial charge in [0, 0.05) is 0 Å². The van der Waals surface area contributed by atoms with Crippen molar-refractivity contribution in [1.29, 1.82) is 5.26 Å². The quantitative estimate of drug-likeness (QED) is 0.546. The van der Waals surface area contributed by atoms with Crippen molar-refractivity contribution in [1.82, 2.24) is 9.59 Å². The second-order valence-corrected chi connectivity index (χ2v) is 1.51. The molecule has 0 aromatic carbocycles. The maximum atomic E-state index is 8.08. The molecule has 1 aromatic heterocycles. The summed E-state index contributed by atoms with van der Waals surface area (Å²) >= 11 is 1.18. The fourth-order valence-corrected chi connectivity index (χ4v) is 0.595. The van der Waals surface area contributed by atoms with Gasteiger partial charge in [-0.15, -0.1) is 17.5 Å². The van der Waals surface area contributed by atoms with Gasteiger partial charge in [-0.1, -0.05) is 4.49 Å². The van der Waals surface area contributed by atoms with E-state index in [1.54, 1.807) is 5.38 Å². The van der Waals surface area contributed by atoms with Crippen LogP contribution >= 0.6 is 23.9 Å². The second kappa shape index (κ2) is 3.36. The molecular weight excluding hydrogens is 146 g/mol. The average Bonchev–Trinajstić information content (AvgIpc) is 2.14. The Hall–Kier alpha value is -0.660. The van der Waals surface area contributed by atoms with Gasteiger partial charge in [0.2, 0.25) is 0 Å². The maximum absolute atomic E-state index is 8.08. The number of halogens is 1. The van der Waals surface area contributed by atoms with Crippen LogP contribution in [-0.2, 0) is 0 Å². The molecule has 0 saturated heterocycles. The lowest BCUT2D eigenvalue weighted by molar-refractivity contribution is 1.13. The molecule has 0 bridgehead atoms. The summed E-state index contributed by atoms with van der Waals surface area (Å²) in [5.74, 6) is 0. The summed E-state index contributed by atoms with van der Waals surface area (Å²) in [6.07, 6.45) is 0. The van der Waals surface area contributed by atoms with Crippen LogP contribution in [0.5, 0.6) is 0 Å². The van der Waals surface area contributed by atoms with Crippen molar-refractivity contribution in [2.24, 2.45) is 0 Å². The summed E-state index contributed by atoms with van der Waals surface area (Å²) in [6.45, 7) is 0. The van der Waals surface area contributed by atoms with E-state index in [1.165, 1.54) is 11.5 Å².